The molecule has 0 spiro atoms. The summed E-state index contributed by atoms with van der Waals surface area (Å²) in [5.41, 5.74) is 2.07. The standard InChI is InChI=1S/C26H24N2O4/c1-32-17-8-4-15(5-9-17)24(29)27-13-14-2-6-16(7-3-14)28-25(30)22-18-10-11-19(21-12-20(18)21)23(22)26(28)31/h2-11,18-23H,12-13H2,1H3,(H,27,29)/t18-,19+,20+,21-,22-,23+. The number of rotatable bonds is 5. The van der Waals surface area contributed by atoms with E-state index in [4.69, 9.17) is 4.74 Å². The van der Waals surface area contributed by atoms with Gasteiger partial charge in [-0.05, 0) is 72.1 Å². The molecule has 1 aliphatic heterocycles. The number of ether oxygens (including phenoxy) is 1. The first-order valence-electron chi connectivity index (χ1n) is 11.1. The molecule has 4 aliphatic carbocycles. The molecule has 6 nitrogen and oxygen atoms in total. The number of hydrogen-bond acceptors (Lipinski definition) is 4. The van der Waals surface area contributed by atoms with Gasteiger partial charge in [0.05, 0.1) is 24.6 Å². The van der Waals surface area contributed by atoms with Gasteiger partial charge < -0.3 is 10.1 Å². The van der Waals surface area contributed by atoms with Crippen LogP contribution in [0.2, 0.25) is 0 Å². The summed E-state index contributed by atoms with van der Waals surface area (Å²) in [6.07, 6.45) is 5.53. The lowest BCUT2D eigenvalue weighted by atomic mass is 9.63. The van der Waals surface area contributed by atoms with Gasteiger partial charge in [0.2, 0.25) is 11.8 Å². The molecule has 5 aliphatic rings. The van der Waals surface area contributed by atoms with Crippen molar-refractivity contribution < 1.29 is 19.1 Å². The van der Waals surface area contributed by atoms with Crippen molar-refractivity contribution in [2.45, 2.75) is 13.0 Å². The molecule has 0 unspecified atom stereocenters. The van der Waals surface area contributed by atoms with Crippen LogP contribution in [0.1, 0.15) is 22.3 Å². The third-order valence-corrected chi connectivity index (χ3v) is 7.66. The van der Waals surface area contributed by atoms with Crippen LogP contribution in [0.4, 0.5) is 5.69 Å². The summed E-state index contributed by atoms with van der Waals surface area (Å²) in [4.78, 5) is 40.2. The van der Waals surface area contributed by atoms with Crippen molar-refractivity contribution in [1.29, 1.82) is 0 Å². The zero-order valence-electron chi connectivity index (χ0n) is 17.7. The van der Waals surface area contributed by atoms with Crippen LogP contribution in [-0.4, -0.2) is 24.8 Å². The Morgan fingerprint density at radius 2 is 1.53 bits per heavy atom. The predicted octanol–water partition coefficient (Wildman–Crippen LogP) is 3.18. The van der Waals surface area contributed by atoms with Gasteiger partial charge in [0.1, 0.15) is 5.75 Å². The van der Waals surface area contributed by atoms with Crippen LogP contribution in [0.15, 0.2) is 60.7 Å². The Kier molecular flexibility index (Phi) is 4.25. The average Bonchev–Trinajstić information content (AvgIpc) is 3.61. The molecule has 2 aromatic carbocycles. The van der Waals surface area contributed by atoms with Gasteiger partial charge in [0, 0.05) is 12.1 Å². The number of carbonyl (C=O) groups is 3. The van der Waals surface area contributed by atoms with E-state index in [1.54, 1.807) is 43.5 Å². The first-order chi connectivity index (χ1) is 15.6. The van der Waals surface area contributed by atoms with Crippen LogP contribution in [0.3, 0.4) is 0 Å². The number of nitrogens with zero attached hydrogens (tertiary/aromatic N) is 1. The molecule has 1 heterocycles. The van der Waals surface area contributed by atoms with Gasteiger partial charge in [-0.2, -0.15) is 0 Å². The molecule has 3 amide bonds. The lowest BCUT2D eigenvalue weighted by Gasteiger charge is -2.37. The Labute approximate surface area is 186 Å². The predicted molar refractivity (Wildman–Crippen MR) is 118 cm³/mol. The monoisotopic (exact) mass is 428 g/mol. The van der Waals surface area contributed by atoms with E-state index in [1.807, 2.05) is 12.1 Å². The largest absolute Gasteiger partial charge is 0.497 e. The van der Waals surface area contributed by atoms with Crippen LogP contribution in [0.5, 0.6) is 5.75 Å². The summed E-state index contributed by atoms with van der Waals surface area (Å²) in [6, 6.07) is 14.2. The molecule has 3 fully saturated rings. The maximum absolute atomic E-state index is 13.2. The SMILES string of the molecule is COc1ccc(C(=O)NCc2ccc(N3C(=O)[C@@H]4[C@@H]5C=C[C@@H]([C@H]6C[C@@H]56)[C@@H]4C3=O)cc2)cc1. The van der Waals surface area contributed by atoms with Crippen molar-refractivity contribution in [3.8, 4) is 5.75 Å². The number of imide groups is 1. The second kappa shape index (κ2) is 7.05. The number of nitrogens with one attached hydrogen (secondary N) is 1. The minimum Gasteiger partial charge on any atom is -0.497 e. The second-order valence-corrected chi connectivity index (χ2v) is 9.24. The highest BCUT2D eigenvalue weighted by molar-refractivity contribution is 6.22. The molecule has 7 rings (SSSR count). The Morgan fingerprint density at radius 1 is 0.938 bits per heavy atom. The highest BCUT2D eigenvalue weighted by atomic mass is 16.5. The Bertz CT molecular complexity index is 1100. The molecule has 1 N–H and O–H groups in total. The molecule has 2 aromatic rings. The molecule has 6 atom stereocenters. The Hall–Kier alpha value is -3.41. The van der Waals surface area contributed by atoms with Gasteiger partial charge in [-0.25, -0.2) is 0 Å². The van der Waals surface area contributed by atoms with E-state index in [2.05, 4.69) is 17.5 Å². The second-order valence-electron chi connectivity index (χ2n) is 9.24. The van der Waals surface area contributed by atoms with Crippen LogP contribution >= 0.6 is 0 Å². The summed E-state index contributed by atoms with van der Waals surface area (Å²) in [5.74, 6) is 1.69. The highest BCUT2D eigenvalue weighted by Gasteiger charge is 2.67. The van der Waals surface area contributed by atoms with E-state index < -0.39 is 0 Å². The normalized spacial score (nSPS) is 31.3. The lowest BCUT2D eigenvalue weighted by molar-refractivity contribution is -0.124. The van der Waals surface area contributed by atoms with E-state index in [1.165, 1.54) is 4.90 Å². The first-order valence-corrected chi connectivity index (χ1v) is 11.1. The summed E-state index contributed by atoms with van der Waals surface area (Å²) in [7, 11) is 1.58. The molecule has 162 valence electrons. The summed E-state index contributed by atoms with van der Waals surface area (Å²) < 4.78 is 5.11. The summed E-state index contributed by atoms with van der Waals surface area (Å²) >= 11 is 0. The Balaban J connectivity index is 1.14. The number of anilines is 1. The van der Waals surface area contributed by atoms with Crippen LogP contribution in [0.25, 0.3) is 0 Å². The van der Waals surface area contributed by atoms with Gasteiger partial charge in [0.15, 0.2) is 0 Å². The van der Waals surface area contributed by atoms with Crippen LogP contribution in [0, 0.1) is 35.5 Å². The van der Waals surface area contributed by atoms with Gasteiger partial charge >= 0.3 is 0 Å². The van der Waals surface area contributed by atoms with Crippen molar-refractivity contribution in [2.24, 2.45) is 35.5 Å². The van der Waals surface area contributed by atoms with Crippen molar-refractivity contribution in [2.75, 3.05) is 12.0 Å². The molecular formula is C26H24N2O4. The minimum absolute atomic E-state index is 0.0507. The highest BCUT2D eigenvalue weighted by Crippen LogP contribution is 2.65. The molecule has 2 saturated carbocycles. The van der Waals surface area contributed by atoms with Crippen LogP contribution < -0.4 is 15.0 Å². The van der Waals surface area contributed by atoms with E-state index in [9.17, 15) is 14.4 Å². The quantitative estimate of drug-likeness (QED) is 0.586. The summed E-state index contributed by atoms with van der Waals surface area (Å²) in [6.45, 7) is 0.357. The molecule has 0 aromatic heterocycles. The van der Waals surface area contributed by atoms with E-state index in [0.29, 0.717) is 35.4 Å². The average molecular weight is 428 g/mol. The van der Waals surface area contributed by atoms with Crippen LogP contribution in [-0.2, 0) is 16.1 Å². The number of amides is 3. The zero-order valence-corrected chi connectivity index (χ0v) is 17.7. The van der Waals surface area contributed by atoms with Crippen molar-refractivity contribution >= 4 is 23.4 Å². The fourth-order valence-corrected chi connectivity index (χ4v) is 6.00. The van der Waals surface area contributed by atoms with E-state index >= 15 is 0 Å². The molecule has 0 radical (unpaired) electrons. The molecule has 2 bridgehead atoms. The smallest absolute Gasteiger partial charge is 0.251 e. The number of allylic oxidation sites excluding steroid dienone is 2. The molecule has 32 heavy (non-hydrogen) atoms. The lowest BCUT2D eigenvalue weighted by Crippen LogP contribution is -2.40. The van der Waals surface area contributed by atoms with Crippen molar-refractivity contribution in [1.82, 2.24) is 5.32 Å². The number of benzene rings is 2. The third kappa shape index (κ3) is 2.82. The van der Waals surface area contributed by atoms with Gasteiger partial charge in [0.25, 0.3) is 5.91 Å². The molecule has 1 saturated heterocycles. The maximum Gasteiger partial charge on any atom is 0.251 e. The minimum atomic E-state index is -0.190. The van der Waals surface area contributed by atoms with Gasteiger partial charge in [-0.3, -0.25) is 19.3 Å². The zero-order chi connectivity index (χ0) is 22.0. The molecule has 6 heteroatoms. The van der Waals surface area contributed by atoms with Gasteiger partial charge in [-0.15, -0.1) is 0 Å². The number of methoxy groups -OCH3 is 1. The van der Waals surface area contributed by atoms with Crippen molar-refractivity contribution in [3.05, 3.63) is 71.8 Å². The third-order valence-electron chi connectivity index (χ3n) is 7.66. The van der Waals surface area contributed by atoms with E-state index in [-0.39, 0.29) is 41.4 Å². The maximum atomic E-state index is 13.2. The topological polar surface area (TPSA) is 75.7 Å². The fraction of sp³-hybridized carbons (Fsp3) is 0.346. The fourth-order valence-electron chi connectivity index (χ4n) is 6.00. The summed E-state index contributed by atoms with van der Waals surface area (Å²) in [5, 5.41) is 2.89. The van der Waals surface area contributed by atoms with E-state index in [0.717, 1.165) is 12.0 Å². The number of hydrogen-bond donors (Lipinski definition) is 1. The first kappa shape index (κ1) is 19.3. The van der Waals surface area contributed by atoms with Crippen molar-refractivity contribution in [3.63, 3.8) is 0 Å². The van der Waals surface area contributed by atoms with Gasteiger partial charge in [-0.1, -0.05) is 24.3 Å². The Morgan fingerprint density at radius 3 is 2.09 bits per heavy atom. The molecular weight excluding hydrogens is 404 g/mol. The number of carbonyl (C=O) groups excluding carboxylic acids is 3.